The molecule has 2 aromatic rings. The molecule has 1 aliphatic heterocycles. The molecule has 7 nitrogen and oxygen atoms in total. The number of methoxy groups -OCH3 is 1. The van der Waals surface area contributed by atoms with Crippen LogP contribution in [0.3, 0.4) is 0 Å². The number of ether oxygens (including phenoxy) is 1. The van der Waals surface area contributed by atoms with E-state index in [1.54, 1.807) is 19.2 Å². The number of rotatable bonds is 3. The maximum Gasteiger partial charge on any atom is 0.276 e. The van der Waals surface area contributed by atoms with Crippen LogP contribution in [-0.2, 0) is 18.3 Å². The van der Waals surface area contributed by atoms with Crippen molar-refractivity contribution in [3.63, 3.8) is 0 Å². The Morgan fingerprint density at radius 2 is 2.17 bits per heavy atom. The number of hydrogen-bond donors (Lipinski definition) is 2. The topological polar surface area (TPSA) is 85.2 Å². The number of nitrogens with one attached hydrogen (secondary N) is 2. The van der Waals surface area contributed by atoms with Gasteiger partial charge in [-0.25, -0.2) is 4.68 Å². The van der Waals surface area contributed by atoms with Gasteiger partial charge in [0.2, 0.25) is 11.8 Å². The van der Waals surface area contributed by atoms with Crippen molar-refractivity contribution in [2.45, 2.75) is 19.3 Å². The molecule has 120 valence electrons. The normalized spacial score (nSPS) is 13.7. The summed E-state index contributed by atoms with van der Waals surface area (Å²) in [4.78, 5) is 23.8. The molecule has 0 spiro atoms. The lowest BCUT2D eigenvalue weighted by Gasteiger charge is -2.09. The Kier molecular flexibility index (Phi) is 4.01. The van der Waals surface area contributed by atoms with Crippen LogP contribution in [0, 0.1) is 0 Å². The van der Waals surface area contributed by atoms with Gasteiger partial charge in [-0.15, -0.1) is 0 Å². The van der Waals surface area contributed by atoms with Crippen LogP contribution in [0.25, 0.3) is 0 Å². The zero-order chi connectivity index (χ0) is 16.4. The Hall–Kier alpha value is -2.83. The molecule has 7 heteroatoms. The van der Waals surface area contributed by atoms with Crippen LogP contribution in [0.15, 0.2) is 24.3 Å². The van der Waals surface area contributed by atoms with Crippen molar-refractivity contribution in [3.05, 3.63) is 35.5 Å². The Morgan fingerprint density at radius 1 is 1.35 bits per heavy atom. The molecular weight excluding hydrogens is 296 g/mol. The summed E-state index contributed by atoms with van der Waals surface area (Å²) in [5, 5.41) is 9.80. The highest BCUT2D eigenvalue weighted by Gasteiger charge is 2.16. The minimum atomic E-state index is -0.304. The summed E-state index contributed by atoms with van der Waals surface area (Å²) in [5.41, 5.74) is 2.79. The van der Waals surface area contributed by atoms with Crippen molar-refractivity contribution >= 4 is 23.2 Å². The minimum Gasteiger partial charge on any atom is -0.481 e. The second-order valence-corrected chi connectivity index (χ2v) is 5.42. The van der Waals surface area contributed by atoms with Gasteiger partial charge in [0, 0.05) is 30.9 Å². The number of aryl methyl sites for hydroxylation is 2. The molecular formula is C16H18N4O3. The van der Waals surface area contributed by atoms with E-state index in [9.17, 15) is 9.59 Å². The highest BCUT2D eigenvalue weighted by Crippen LogP contribution is 2.25. The minimum absolute atomic E-state index is 0.0288. The molecule has 1 aromatic heterocycles. The van der Waals surface area contributed by atoms with E-state index in [1.807, 2.05) is 12.1 Å². The number of benzene rings is 1. The largest absolute Gasteiger partial charge is 0.481 e. The molecule has 23 heavy (non-hydrogen) atoms. The van der Waals surface area contributed by atoms with Gasteiger partial charge in [-0.05, 0) is 36.6 Å². The van der Waals surface area contributed by atoms with Crippen LogP contribution >= 0.6 is 0 Å². The Morgan fingerprint density at radius 3 is 2.91 bits per heavy atom. The fraction of sp³-hybridized carbons (Fsp3) is 0.312. The highest BCUT2D eigenvalue weighted by atomic mass is 16.5. The van der Waals surface area contributed by atoms with Gasteiger partial charge in [-0.2, -0.15) is 5.10 Å². The smallest absolute Gasteiger partial charge is 0.276 e. The summed E-state index contributed by atoms with van der Waals surface area (Å²) >= 11 is 0. The predicted molar refractivity (Wildman–Crippen MR) is 85.7 cm³/mol. The zero-order valence-electron chi connectivity index (χ0n) is 13.0. The van der Waals surface area contributed by atoms with Gasteiger partial charge in [-0.3, -0.25) is 9.59 Å². The molecule has 0 saturated carbocycles. The van der Waals surface area contributed by atoms with Crippen LogP contribution in [0.4, 0.5) is 11.4 Å². The molecule has 1 aliphatic rings. The Bertz CT molecular complexity index is 767. The lowest BCUT2D eigenvalue weighted by molar-refractivity contribution is -0.116. The first-order valence-corrected chi connectivity index (χ1v) is 7.39. The van der Waals surface area contributed by atoms with E-state index >= 15 is 0 Å². The van der Waals surface area contributed by atoms with Crippen molar-refractivity contribution in [1.82, 2.24) is 9.78 Å². The molecule has 0 aliphatic carbocycles. The average molecular weight is 314 g/mol. The molecule has 3 rings (SSSR count). The van der Waals surface area contributed by atoms with Crippen molar-refractivity contribution in [2.24, 2.45) is 7.05 Å². The quantitative estimate of drug-likeness (QED) is 0.907. The van der Waals surface area contributed by atoms with Gasteiger partial charge in [0.25, 0.3) is 5.91 Å². The molecule has 0 radical (unpaired) electrons. The first-order chi connectivity index (χ1) is 11.1. The van der Waals surface area contributed by atoms with Gasteiger partial charge < -0.3 is 15.4 Å². The van der Waals surface area contributed by atoms with Crippen LogP contribution in [0.2, 0.25) is 0 Å². The lowest BCUT2D eigenvalue weighted by atomic mass is 10.1. The van der Waals surface area contributed by atoms with Crippen molar-refractivity contribution in [3.8, 4) is 5.88 Å². The van der Waals surface area contributed by atoms with E-state index in [-0.39, 0.29) is 17.5 Å². The predicted octanol–water partition coefficient (Wildman–Crippen LogP) is 1.96. The number of anilines is 2. The standard InChI is InChI=1S/C16H18N4O3/c1-20-15(23-2)9-13(19-20)16(22)17-11-6-7-12-10(8-11)4-3-5-14(21)18-12/h6-9H,3-5H2,1-2H3,(H,17,22)(H,18,21). The first-order valence-electron chi connectivity index (χ1n) is 7.39. The van der Waals surface area contributed by atoms with Gasteiger partial charge in [0.15, 0.2) is 5.69 Å². The number of carbonyl (C=O) groups is 2. The summed E-state index contributed by atoms with van der Waals surface area (Å²) in [5.74, 6) is 0.238. The summed E-state index contributed by atoms with van der Waals surface area (Å²) in [7, 11) is 3.24. The van der Waals surface area contributed by atoms with Crippen molar-refractivity contribution in [2.75, 3.05) is 17.7 Å². The number of fused-ring (bicyclic) bond motifs is 1. The average Bonchev–Trinajstić information content (AvgIpc) is 2.80. The molecule has 0 atom stereocenters. The van der Waals surface area contributed by atoms with E-state index in [0.29, 0.717) is 18.0 Å². The van der Waals surface area contributed by atoms with Crippen molar-refractivity contribution < 1.29 is 14.3 Å². The fourth-order valence-electron chi connectivity index (χ4n) is 2.60. The molecule has 2 heterocycles. The highest BCUT2D eigenvalue weighted by molar-refractivity contribution is 6.03. The molecule has 0 unspecified atom stereocenters. The van der Waals surface area contributed by atoms with Crippen LogP contribution in [0.1, 0.15) is 28.9 Å². The van der Waals surface area contributed by atoms with E-state index in [1.165, 1.54) is 11.8 Å². The van der Waals surface area contributed by atoms with Gasteiger partial charge >= 0.3 is 0 Å². The monoisotopic (exact) mass is 314 g/mol. The number of nitrogens with zero attached hydrogens (tertiary/aromatic N) is 2. The van der Waals surface area contributed by atoms with E-state index in [4.69, 9.17) is 4.74 Å². The van der Waals surface area contributed by atoms with Crippen molar-refractivity contribution in [1.29, 1.82) is 0 Å². The van der Waals surface area contributed by atoms with Gasteiger partial charge in [0.05, 0.1) is 7.11 Å². The number of amides is 2. The molecule has 1 aromatic carbocycles. The van der Waals surface area contributed by atoms with E-state index in [2.05, 4.69) is 15.7 Å². The SMILES string of the molecule is COc1cc(C(=O)Nc2ccc3c(c2)CCCC(=O)N3)nn1C. The number of hydrogen-bond acceptors (Lipinski definition) is 4. The summed E-state index contributed by atoms with van der Waals surface area (Å²) in [6, 6.07) is 7.05. The van der Waals surface area contributed by atoms with Crippen LogP contribution < -0.4 is 15.4 Å². The third-order valence-corrected chi connectivity index (χ3v) is 3.77. The second kappa shape index (κ2) is 6.12. The fourth-order valence-corrected chi connectivity index (χ4v) is 2.60. The second-order valence-electron chi connectivity index (χ2n) is 5.42. The van der Waals surface area contributed by atoms with E-state index < -0.39 is 0 Å². The first kappa shape index (κ1) is 15.1. The molecule has 2 amide bonds. The third kappa shape index (κ3) is 3.18. The maximum atomic E-state index is 12.3. The molecule has 0 bridgehead atoms. The molecule has 2 N–H and O–H groups in total. The van der Waals surface area contributed by atoms with Crippen LogP contribution in [-0.4, -0.2) is 28.7 Å². The Balaban J connectivity index is 1.78. The number of carbonyl (C=O) groups excluding carboxylic acids is 2. The Labute approximate surface area is 133 Å². The number of aromatic nitrogens is 2. The summed E-state index contributed by atoms with van der Waals surface area (Å²) in [6.45, 7) is 0. The third-order valence-electron chi connectivity index (χ3n) is 3.77. The lowest BCUT2D eigenvalue weighted by Crippen LogP contribution is -2.13. The maximum absolute atomic E-state index is 12.3. The molecule has 0 fully saturated rings. The zero-order valence-corrected chi connectivity index (χ0v) is 13.0. The summed E-state index contributed by atoms with van der Waals surface area (Å²) < 4.78 is 6.61. The summed E-state index contributed by atoms with van der Waals surface area (Å²) in [6.07, 6.45) is 2.12. The van der Waals surface area contributed by atoms with Gasteiger partial charge in [-0.1, -0.05) is 0 Å². The van der Waals surface area contributed by atoms with Gasteiger partial charge in [0.1, 0.15) is 0 Å². The molecule has 0 saturated heterocycles. The van der Waals surface area contributed by atoms with E-state index in [0.717, 1.165) is 24.1 Å². The van der Waals surface area contributed by atoms with Crippen LogP contribution in [0.5, 0.6) is 5.88 Å².